The molecule has 0 aromatic rings. The van der Waals surface area contributed by atoms with Crippen LogP contribution in [0.4, 0.5) is 0 Å². The van der Waals surface area contributed by atoms with Crippen LogP contribution in [0.3, 0.4) is 0 Å². The Balaban J connectivity index is 4.01. The summed E-state index contributed by atoms with van der Waals surface area (Å²) in [5, 5.41) is 0. The third kappa shape index (κ3) is 19.1. The second-order valence-electron chi connectivity index (χ2n) is 9.02. The van der Waals surface area contributed by atoms with Crippen LogP contribution in [0, 0.1) is 5.92 Å². The standard InChI is InChI=1S/C22H43O7P/c1-5-6-7-8-9-10-11-12-13-14-17-28-20(23)16-15-19(18-30(25,26)27)21(24)29-22(2,3)4/h19H,5-18H2,1-4H3,(H2,25,26,27). The monoisotopic (exact) mass is 450 g/mol. The third-order valence-electron chi connectivity index (χ3n) is 4.66. The molecular weight excluding hydrogens is 407 g/mol. The van der Waals surface area contributed by atoms with Gasteiger partial charge in [0.25, 0.3) is 0 Å². The van der Waals surface area contributed by atoms with Gasteiger partial charge in [-0.25, -0.2) is 0 Å². The van der Waals surface area contributed by atoms with Crippen molar-refractivity contribution < 1.29 is 33.4 Å². The molecule has 0 spiro atoms. The summed E-state index contributed by atoms with van der Waals surface area (Å²) in [5.41, 5.74) is -0.764. The lowest BCUT2D eigenvalue weighted by atomic mass is 10.1. The van der Waals surface area contributed by atoms with Crippen LogP contribution in [0.5, 0.6) is 0 Å². The van der Waals surface area contributed by atoms with E-state index in [4.69, 9.17) is 9.47 Å². The van der Waals surface area contributed by atoms with E-state index in [-0.39, 0.29) is 12.8 Å². The maximum absolute atomic E-state index is 12.2. The van der Waals surface area contributed by atoms with Crippen LogP contribution in [0.2, 0.25) is 0 Å². The molecule has 30 heavy (non-hydrogen) atoms. The maximum Gasteiger partial charge on any atom is 0.326 e. The molecule has 0 rings (SSSR count). The van der Waals surface area contributed by atoms with Crippen molar-refractivity contribution in [2.24, 2.45) is 5.92 Å². The van der Waals surface area contributed by atoms with Crippen LogP contribution in [0.1, 0.15) is 105 Å². The summed E-state index contributed by atoms with van der Waals surface area (Å²) in [6.45, 7) is 7.60. The number of carbonyl (C=O) groups excluding carboxylic acids is 2. The molecule has 0 aromatic carbocycles. The van der Waals surface area contributed by atoms with Gasteiger partial charge < -0.3 is 19.3 Å². The van der Waals surface area contributed by atoms with Crippen LogP contribution < -0.4 is 0 Å². The Morgan fingerprint density at radius 2 is 1.40 bits per heavy atom. The van der Waals surface area contributed by atoms with Crippen molar-refractivity contribution in [2.75, 3.05) is 12.8 Å². The molecule has 2 N–H and O–H groups in total. The number of unbranched alkanes of at least 4 members (excludes halogenated alkanes) is 9. The molecule has 0 radical (unpaired) electrons. The zero-order valence-electron chi connectivity index (χ0n) is 19.4. The summed E-state index contributed by atoms with van der Waals surface area (Å²) in [5.74, 6) is -2.19. The molecule has 1 unspecified atom stereocenters. The summed E-state index contributed by atoms with van der Waals surface area (Å²) >= 11 is 0. The summed E-state index contributed by atoms with van der Waals surface area (Å²) in [4.78, 5) is 42.5. The minimum absolute atomic E-state index is 0.00309. The molecule has 0 amide bonds. The minimum Gasteiger partial charge on any atom is -0.466 e. The number of carbonyl (C=O) groups is 2. The highest BCUT2D eigenvalue weighted by Crippen LogP contribution is 2.38. The lowest BCUT2D eigenvalue weighted by Gasteiger charge is -2.24. The predicted molar refractivity (Wildman–Crippen MR) is 118 cm³/mol. The Morgan fingerprint density at radius 3 is 1.87 bits per heavy atom. The number of ether oxygens (including phenoxy) is 2. The molecule has 0 aromatic heterocycles. The topological polar surface area (TPSA) is 110 Å². The Morgan fingerprint density at radius 1 is 0.900 bits per heavy atom. The number of rotatable bonds is 17. The second kappa shape index (κ2) is 15.8. The fourth-order valence-electron chi connectivity index (χ4n) is 3.10. The molecule has 0 fully saturated rings. The fraction of sp³-hybridized carbons (Fsp3) is 0.909. The molecule has 0 saturated carbocycles. The first-order valence-electron chi connectivity index (χ1n) is 11.4. The average molecular weight is 451 g/mol. The number of hydrogen-bond donors (Lipinski definition) is 2. The van der Waals surface area contributed by atoms with E-state index in [2.05, 4.69) is 6.92 Å². The highest BCUT2D eigenvalue weighted by Gasteiger charge is 2.31. The largest absolute Gasteiger partial charge is 0.466 e. The average Bonchev–Trinajstić information content (AvgIpc) is 2.60. The quantitative estimate of drug-likeness (QED) is 0.174. The molecule has 0 aliphatic carbocycles. The summed E-state index contributed by atoms with van der Waals surface area (Å²) < 4.78 is 21.7. The molecule has 8 heteroatoms. The van der Waals surface area contributed by atoms with Gasteiger partial charge in [0.1, 0.15) is 5.60 Å². The van der Waals surface area contributed by atoms with Gasteiger partial charge in [-0.2, -0.15) is 0 Å². The first kappa shape index (κ1) is 29.1. The van der Waals surface area contributed by atoms with Crippen LogP contribution in [-0.4, -0.2) is 40.1 Å². The van der Waals surface area contributed by atoms with E-state index in [1.807, 2.05) is 0 Å². The molecule has 7 nitrogen and oxygen atoms in total. The van der Waals surface area contributed by atoms with Crippen LogP contribution in [0.15, 0.2) is 0 Å². The fourth-order valence-corrected chi connectivity index (χ4v) is 4.00. The summed E-state index contributed by atoms with van der Waals surface area (Å²) in [6.07, 6.45) is 11.2. The van der Waals surface area contributed by atoms with Gasteiger partial charge in [0.2, 0.25) is 0 Å². The van der Waals surface area contributed by atoms with E-state index in [0.29, 0.717) is 6.61 Å². The van der Waals surface area contributed by atoms with E-state index < -0.39 is 37.2 Å². The Hall–Kier alpha value is -0.910. The second-order valence-corrected chi connectivity index (χ2v) is 10.7. The molecule has 0 bridgehead atoms. The Bertz CT molecular complexity index is 522. The third-order valence-corrected chi connectivity index (χ3v) is 5.57. The van der Waals surface area contributed by atoms with E-state index >= 15 is 0 Å². The van der Waals surface area contributed by atoms with Crippen LogP contribution in [-0.2, 0) is 23.6 Å². The smallest absolute Gasteiger partial charge is 0.326 e. The predicted octanol–water partition coefficient (Wildman–Crippen LogP) is 5.37. The SMILES string of the molecule is CCCCCCCCCCCCOC(=O)CCC(CP(=O)(O)O)C(=O)OC(C)(C)C. The zero-order chi connectivity index (χ0) is 23.0. The lowest BCUT2D eigenvalue weighted by molar-refractivity contribution is -0.159. The number of hydrogen-bond acceptors (Lipinski definition) is 5. The van der Waals surface area contributed by atoms with Crippen molar-refractivity contribution in [3.63, 3.8) is 0 Å². The van der Waals surface area contributed by atoms with Crippen molar-refractivity contribution in [1.82, 2.24) is 0 Å². The zero-order valence-corrected chi connectivity index (χ0v) is 20.3. The minimum atomic E-state index is -4.40. The van der Waals surface area contributed by atoms with Crippen molar-refractivity contribution in [1.29, 1.82) is 0 Å². The van der Waals surface area contributed by atoms with Gasteiger partial charge in [0.05, 0.1) is 18.7 Å². The molecule has 0 saturated heterocycles. The van der Waals surface area contributed by atoms with Gasteiger partial charge >= 0.3 is 19.5 Å². The van der Waals surface area contributed by atoms with Crippen LogP contribution in [0.25, 0.3) is 0 Å². The molecule has 0 aliphatic rings. The molecule has 0 aliphatic heterocycles. The Kier molecular flexibility index (Phi) is 15.3. The van der Waals surface area contributed by atoms with Crippen LogP contribution >= 0.6 is 7.60 Å². The van der Waals surface area contributed by atoms with Gasteiger partial charge in [-0.15, -0.1) is 0 Å². The van der Waals surface area contributed by atoms with E-state index in [1.54, 1.807) is 20.8 Å². The lowest BCUT2D eigenvalue weighted by Crippen LogP contribution is -2.31. The number of esters is 2. The Labute approximate surface area is 182 Å². The summed E-state index contributed by atoms with van der Waals surface area (Å²) in [6, 6.07) is 0. The first-order valence-corrected chi connectivity index (χ1v) is 13.2. The molecule has 178 valence electrons. The van der Waals surface area contributed by atoms with Gasteiger partial charge in [-0.1, -0.05) is 64.7 Å². The van der Waals surface area contributed by atoms with Gasteiger partial charge in [-0.05, 0) is 33.6 Å². The molecule has 1 atom stereocenters. The van der Waals surface area contributed by atoms with Crippen molar-refractivity contribution in [3.05, 3.63) is 0 Å². The van der Waals surface area contributed by atoms with Crippen molar-refractivity contribution in [2.45, 2.75) is 110 Å². The van der Waals surface area contributed by atoms with Crippen molar-refractivity contribution in [3.8, 4) is 0 Å². The van der Waals surface area contributed by atoms with Gasteiger partial charge in [0, 0.05) is 6.42 Å². The normalized spacial score (nSPS) is 13.1. The van der Waals surface area contributed by atoms with Crippen molar-refractivity contribution >= 4 is 19.5 Å². The van der Waals surface area contributed by atoms with E-state index in [9.17, 15) is 23.9 Å². The van der Waals surface area contributed by atoms with E-state index in [0.717, 1.165) is 19.3 Å². The first-order chi connectivity index (χ1) is 13.9. The van der Waals surface area contributed by atoms with Gasteiger partial charge in [0.15, 0.2) is 0 Å². The maximum atomic E-state index is 12.2. The summed E-state index contributed by atoms with van der Waals surface area (Å²) in [7, 11) is -4.40. The molecular formula is C22H43O7P. The van der Waals surface area contributed by atoms with E-state index in [1.165, 1.54) is 44.9 Å². The highest BCUT2D eigenvalue weighted by atomic mass is 31.2. The van der Waals surface area contributed by atoms with Gasteiger partial charge in [-0.3, -0.25) is 14.2 Å². The molecule has 0 heterocycles. The highest BCUT2D eigenvalue weighted by molar-refractivity contribution is 7.51.